The van der Waals surface area contributed by atoms with Crippen LogP contribution in [0.25, 0.3) is 23.0 Å². The molecule has 0 aliphatic carbocycles. The zero-order chi connectivity index (χ0) is 21.5. The lowest BCUT2D eigenvalue weighted by Gasteiger charge is -2.29. The first-order valence-corrected chi connectivity index (χ1v) is 11.2. The summed E-state index contributed by atoms with van der Waals surface area (Å²) in [4.78, 5) is 25.1. The van der Waals surface area contributed by atoms with E-state index in [2.05, 4.69) is 48.3 Å². The lowest BCUT2D eigenvalue weighted by Crippen LogP contribution is -2.43. The van der Waals surface area contributed by atoms with Crippen LogP contribution < -0.4 is 26.4 Å². The third kappa shape index (κ3) is 3.65. The summed E-state index contributed by atoms with van der Waals surface area (Å²) in [7, 11) is 0. The SMILES string of the molecule is CCC1N=c2ccc(-c3cc(=O)n4cc(N5CCNCC5)cc(C)c4n3)cc2=CC1C. The molecule has 0 spiro atoms. The Morgan fingerprint density at radius 1 is 1.16 bits per heavy atom. The number of aryl methyl sites for hydroxylation is 1. The highest BCUT2D eigenvalue weighted by Gasteiger charge is 2.17. The van der Waals surface area contributed by atoms with Crippen molar-refractivity contribution in [1.29, 1.82) is 0 Å². The first kappa shape index (κ1) is 19.9. The topological polar surface area (TPSA) is 62.0 Å². The average Bonchev–Trinajstić information content (AvgIpc) is 2.79. The van der Waals surface area contributed by atoms with Gasteiger partial charge < -0.3 is 10.2 Å². The fourth-order valence-corrected chi connectivity index (χ4v) is 4.71. The van der Waals surface area contributed by atoms with Crippen LogP contribution in [0.4, 0.5) is 5.69 Å². The number of pyridine rings is 1. The molecule has 6 heteroatoms. The van der Waals surface area contributed by atoms with Gasteiger partial charge in [0.2, 0.25) is 0 Å². The van der Waals surface area contributed by atoms with Gasteiger partial charge in [-0.05, 0) is 48.2 Å². The lowest BCUT2D eigenvalue weighted by atomic mass is 9.95. The molecule has 1 fully saturated rings. The van der Waals surface area contributed by atoms with Crippen molar-refractivity contribution in [3.05, 3.63) is 63.0 Å². The van der Waals surface area contributed by atoms with Crippen LogP contribution in [-0.4, -0.2) is 41.6 Å². The van der Waals surface area contributed by atoms with E-state index in [1.54, 1.807) is 10.5 Å². The summed E-state index contributed by atoms with van der Waals surface area (Å²) in [6.45, 7) is 10.2. The number of rotatable bonds is 3. The van der Waals surface area contributed by atoms with Gasteiger partial charge in [0.05, 0.1) is 22.8 Å². The smallest absolute Gasteiger partial charge is 0.258 e. The van der Waals surface area contributed by atoms with Crippen molar-refractivity contribution in [3.63, 3.8) is 0 Å². The van der Waals surface area contributed by atoms with Crippen LogP contribution in [0.3, 0.4) is 0 Å². The molecule has 1 N–H and O–H groups in total. The molecule has 5 rings (SSSR count). The Morgan fingerprint density at radius 3 is 2.74 bits per heavy atom. The first-order valence-electron chi connectivity index (χ1n) is 11.2. The maximum absolute atomic E-state index is 13.0. The average molecular weight is 416 g/mol. The van der Waals surface area contributed by atoms with E-state index in [1.807, 2.05) is 19.2 Å². The Balaban J connectivity index is 1.59. The minimum atomic E-state index is -0.0501. The van der Waals surface area contributed by atoms with Gasteiger partial charge in [-0.2, -0.15) is 0 Å². The fraction of sp³-hybridized carbons (Fsp3) is 0.400. The van der Waals surface area contributed by atoms with Crippen LogP contribution in [0.15, 0.2) is 46.3 Å². The molecule has 0 bridgehead atoms. The fourth-order valence-electron chi connectivity index (χ4n) is 4.71. The van der Waals surface area contributed by atoms with Crippen molar-refractivity contribution in [3.8, 4) is 11.3 Å². The maximum Gasteiger partial charge on any atom is 0.258 e. The molecule has 4 heterocycles. The Kier molecular flexibility index (Phi) is 5.10. The molecular weight excluding hydrogens is 386 g/mol. The minimum absolute atomic E-state index is 0.0501. The molecule has 2 aliphatic heterocycles. The molecule has 3 aromatic rings. The molecule has 2 aromatic heterocycles. The van der Waals surface area contributed by atoms with Crippen molar-refractivity contribution >= 4 is 17.4 Å². The normalized spacial score (nSPS) is 20.8. The second kappa shape index (κ2) is 7.93. The molecule has 6 nitrogen and oxygen atoms in total. The number of fused-ring (bicyclic) bond motifs is 2. The van der Waals surface area contributed by atoms with E-state index in [0.29, 0.717) is 23.3 Å². The minimum Gasteiger partial charge on any atom is -0.368 e. The van der Waals surface area contributed by atoms with Gasteiger partial charge in [-0.3, -0.25) is 14.2 Å². The monoisotopic (exact) mass is 415 g/mol. The highest BCUT2D eigenvalue weighted by Crippen LogP contribution is 2.21. The predicted molar refractivity (Wildman–Crippen MR) is 125 cm³/mol. The molecule has 0 radical (unpaired) electrons. The first-order chi connectivity index (χ1) is 15.0. The third-order valence-corrected chi connectivity index (χ3v) is 6.51. The largest absolute Gasteiger partial charge is 0.368 e. The Morgan fingerprint density at radius 2 is 1.97 bits per heavy atom. The van der Waals surface area contributed by atoms with Crippen molar-refractivity contribution in [1.82, 2.24) is 14.7 Å². The van der Waals surface area contributed by atoms with Crippen LogP contribution in [0.1, 0.15) is 25.8 Å². The van der Waals surface area contributed by atoms with Gasteiger partial charge in [0.1, 0.15) is 5.65 Å². The highest BCUT2D eigenvalue weighted by molar-refractivity contribution is 5.65. The van der Waals surface area contributed by atoms with Gasteiger partial charge in [-0.25, -0.2) is 4.98 Å². The zero-order valence-electron chi connectivity index (χ0n) is 18.4. The molecule has 2 atom stereocenters. The summed E-state index contributed by atoms with van der Waals surface area (Å²) in [5.41, 5.74) is 4.42. The Hall–Kier alpha value is -2.99. The number of nitrogens with zero attached hydrogens (tertiary/aromatic N) is 4. The van der Waals surface area contributed by atoms with E-state index in [4.69, 9.17) is 9.98 Å². The summed E-state index contributed by atoms with van der Waals surface area (Å²) >= 11 is 0. The molecule has 0 saturated carbocycles. The molecule has 31 heavy (non-hydrogen) atoms. The van der Waals surface area contributed by atoms with E-state index >= 15 is 0 Å². The molecule has 1 saturated heterocycles. The number of aromatic nitrogens is 2. The van der Waals surface area contributed by atoms with Crippen LogP contribution in [0.5, 0.6) is 0 Å². The van der Waals surface area contributed by atoms with Gasteiger partial charge >= 0.3 is 0 Å². The molecule has 2 unspecified atom stereocenters. The van der Waals surface area contributed by atoms with Gasteiger partial charge in [-0.1, -0.05) is 26.0 Å². The lowest BCUT2D eigenvalue weighted by molar-refractivity contribution is 0.528. The van der Waals surface area contributed by atoms with Crippen LogP contribution >= 0.6 is 0 Å². The number of anilines is 1. The van der Waals surface area contributed by atoms with E-state index in [0.717, 1.165) is 60.0 Å². The highest BCUT2D eigenvalue weighted by atomic mass is 16.1. The second-order valence-corrected chi connectivity index (χ2v) is 8.70. The van der Waals surface area contributed by atoms with Gasteiger partial charge in [0, 0.05) is 44.0 Å². The van der Waals surface area contributed by atoms with Gasteiger partial charge in [0.15, 0.2) is 0 Å². The molecule has 0 amide bonds. The Labute approximate surface area is 182 Å². The summed E-state index contributed by atoms with van der Waals surface area (Å²) in [6, 6.07) is 10.3. The van der Waals surface area contributed by atoms with Gasteiger partial charge in [0.25, 0.3) is 5.56 Å². The summed E-state index contributed by atoms with van der Waals surface area (Å²) < 4.78 is 1.68. The van der Waals surface area contributed by atoms with Crippen molar-refractivity contribution in [2.24, 2.45) is 10.9 Å². The quantitative estimate of drug-likeness (QED) is 0.710. The summed E-state index contributed by atoms with van der Waals surface area (Å²) in [5, 5.41) is 5.53. The van der Waals surface area contributed by atoms with Crippen molar-refractivity contribution in [2.75, 3.05) is 31.1 Å². The van der Waals surface area contributed by atoms with E-state index in [1.165, 1.54) is 0 Å². The van der Waals surface area contributed by atoms with Crippen molar-refractivity contribution in [2.45, 2.75) is 33.2 Å². The number of hydrogen-bond acceptors (Lipinski definition) is 5. The number of hydrogen-bond donors (Lipinski definition) is 1. The maximum atomic E-state index is 13.0. The predicted octanol–water partition coefficient (Wildman–Crippen LogP) is 1.91. The van der Waals surface area contributed by atoms with Crippen LogP contribution in [0, 0.1) is 12.8 Å². The number of nitrogens with one attached hydrogen (secondary N) is 1. The zero-order valence-corrected chi connectivity index (χ0v) is 18.4. The molecule has 2 aliphatic rings. The van der Waals surface area contributed by atoms with E-state index < -0.39 is 0 Å². The number of benzene rings is 1. The third-order valence-electron chi connectivity index (χ3n) is 6.51. The standard InChI is InChI=1S/C25H29N5O/c1-4-21-16(2)11-19-13-18(5-6-22(19)27-21)23-14-24(31)30-15-20(12-17(3)25(30)28-23)29-9-7-26-8-10-29/h5-6,11-16,21,26H,4,7-10H2,1-3H3. The summed E-state index contributed by atoms with van der Waals surface area (Å²) in [6.07, 6.45) is 5.26. The summed E-state index contributed by atoms with van der Waals surface area (Å²) in [5.74, 6) is 0.411. The van der Waals surface area contributed by atoms with Crippen molar-refractivity contribution < 1.29 is 0 Å². The molecule has 1 aromatic carbocycles. The van der Waals surface area contributed by atoms with Crippen LogP contribution in [0.2, 0.25) is 0 Å². The number of piperazine rings is 1. The molecular formula is C25H29N5O. The Bertz CT molecular complexity index is 1320. The van der Waals surface area contributed by atoms with E-state index in [-0.39, 0.29) is 5.56 Å². The van der Waals surface area contributed by atoms with E-state index in [9.17, 15) is 4.79 Å². The second-order valence-electron chi connectivity index (χ2n) is 8.70. The van der Waals surface area contributed by atoms with Gasteiger partial charge in [-0.15, -0.1) is 0 Å². The van der Waals surface area contributed by atoms with Crippen LogP contribution in [-0.2, 0) is 0 Å². The molecule has 160 valence electrons.